The number of fused-ring (bicyclic) bond motifs is 5. The van der Waals surface area contributed by atoms with E-state index in [4.69, 9.17) is 0 Å². The number of aliphatic hydroxyl groups excluding tert-OH is 1. The first-order valence-corrected chi connectivity index (χ1v) is 13.3. The minimum atomic E-state index is -0.0480. The molecule has 0 aliphatic heterocycles. The van der Waals surface area contributed by atoms with E-state index in [1.54, 1.807) is 0 Å². The van der Waals surface area contributed by atoms with Crippen molar-refractivity contribution < 1.29 is 5.11 Å². The Morgan fingerprint density at radius 3 is 2.40 bits per heavy atom. The van der Waals surface area contributed by atoms with Crippen LogP contribution < -0.4 is 0 Å². The van der Waals surface area contributed by atoms with Crippen molar-refractivity contribution in [2.75, 3.05) is 0 Å². The van der Waals surface area contributed by atoms with Crippen LogP contribution in [0, 0.1) is 52.3 Å². The molecule has 3 fully saturated rings. The summed E-state index contributed by atoms with van der Waals surface area (Å²) in [6.07, 6.45) is 19.2. The van der Waals surface area contributed by atoms with Crippen LogP contribution in [0.4, 0.5) is 0 Å². The Hall–Kier alpha value is -0.560. The Bertz CT molecular complexity index is 674. The maximum Gasteiger partial charge on any atom is 0.0543 e. The van der Waals surface area contributed by atoms with E-state index in [0.717, 1.165) is 42.4 Å². The fourth-order valence-electron chi connectivity index (χ4n) is 8.68. The van der Waals surface area contributed by atoms with Gasteiger partial charge in [0.15, 0.2) is 0 Å². The summed E-state index contributed by atoms with van der Waals surface area (Å²) in [5.41, 5.74) is 2.79. The lowest BCUT2D eigenvalue weighted by Crippen LogP contribution is -2.49. The van der Waals surface area contributed by atoms with Crippen molar-refractivity contribution in [3.8, 4) is 0 Å². The van der Waals surface area contributed by atoms with Crippen LogP contribution in [0.25, 0.3) is 0 Å². The molecular weight excluding hydrogens is 364 g/mol. The molecule has 4 aliphatic rings. The standard InChI is InChI=1S/C29H48O/c1-7-21(19(2)3)9-8-20(4)25-12-13-26-24-11-10-22-18-23(30)14-16-28(22,5)27(24)15-17-29(25,26)6/h8-9,11,19-23,25-27,30H,7,10,12-18H2,1-6H3/b9-8-/t20-,21?,22+,23+,25?,26+,27+,28+,29-/m1/s1. The molecule has 4 aliphatic carbocycles. The third-order valence-electron chi connectivity index (χ3n) is 10.7. The van der Waals surface area contributed by atoms with E-state index in [0.29, 0.717) is 22.7 Å². The van der Waals surface area contributed by atoms with Crippen molar-refractivity contribution in [3.05, 3.63) is 23.8 Å². The van der Waals surface area contributed by atoms with E-state index in [9.17, 15) is 5.11 Å². The van der Waals surface area contributed by atoms with Crippen molar-refractivity contribution in [3.63, 3.8) is 0 Å². The molecule has 1 heteroatoms. The molecule has 4 rings (SSSR count). The number of aliphatic hydroxyl groups is 1. The Balaban J connectivity index is 1.53. The Labute approximate surface area is 186 Å². The normalized spacial score (nSPS) is 45.6. The molecule has 0 radical (unpaired) electrons. The third-order valence-corrected chi connectivity index (χ3v) is 10.7. The fraction of sp³-hybridized carbons (Fsp3) is 0.862. The average Bonchev–Trinajstić information content (AvgIpc) is 3.06. The van der Waals surface area contributed by atoms with Gasteiger partial charge in [-0.1, -0.05) is 65.3 Å². The molecule has 0 aromatic carbocycles. The number of hydrogen-bond donors (Lipinski definition) is 1. The van der Waals surface area contributed by atoms with E-state index in [2.05, 4.69) is 59.8 Å². The Morgan fingerprint density at radius 1 is 1.00 bits per heavy atom. The summed E-state index contributed by atoms with van der Waals surface area (Å²) in [5.74, 6) is 5.32. The monoisotopic (exact) mass is 412 g/mol. The van der Waals surface area contributed by atoms with Gasteiger partial charge < -0.3 is 5.11 Å². The predicted octanol–water partition coefficient (Wildman–Crippen LogP) is 7.80. The van der Waals surface area contributed by atoms with Crippen molar-refractivity contribution in [2.24, 2.45) is 52.3 Å². The van der Waals surface area contributed by atoms with Crippen LogP contribution >= 0.6 is 0 Å². The molecule has 30 heavy (non-hydrogen) atoms. The molecule has 0 spiro atoms. The number of allylic oxidation sites excluding steroid dienone is 4. The van der Waals surface area contributed by atoms with Gasteiger partial charge >= 0.3 is 0 Å². The van der Waals surface area contributed by atoms with E-state index in [1.807, 2.05) is 5.57 Å². The summed E-state index contributed by atoms with van der Waals surface area (Å²) in [4.78, 5) is 0. The van der Waals surface area contributed by atoms with Crippen molar-refractivity contribution in [1.82, 2.24) is 0 Å². The van der Waals surface area contributed by atoms with E-state index in [-0.39, 0.29) is 6.10 Å². The summed E-state index contributed by atoms with van der Waals surface area (Å²) in [5, 5.41) is 10.3. The zero-order valence-corrected chi connectivity index (χ0v) is 20.7. The molecule has 1 nitrogen and oxygen atoms in total. The highest BCUT2D eigenvalue weighted by Gasteiger charge is 2.57. The van der Waals surface area contributed by atoms with Gasteiger partial charge in [-0.05, 0) is 110 Å². The predicted molar refractivity (Wildman–Crippen MR) is 128 cm³/mol. The van der Waals surface area contributed by atoms with Gasteiger partial charge in [-0.15, -0.1) is 0 Å². The van der Waals surface area contributed by atoms with Crippen LogP contribution in [0.15, 0.2) is 23.8 Å². The first-order chi connectivity index (χ1) is 14.2. The lowest BCUT2D eigenvalue weighted by atomic mass is 9.47. The van der Waals surface area contributed by atoms with Crippen LogP contribution in [0.3, 0.4) is 0 Å². The molecule has 0 bridgehead atoms. The van der Waals surface area contributed by atoms with E-state index >= 15 is 0 Å². The second-order valence-corrected chi connectivity index (χ2v) is 12.5. The molecule has 9 atom stereocenters. The molecular formula is C29H48O. The zero-order valence-electron chi connectivity index (χ0n) is 20.7. The van der Waals surface area contributed by atoms with Gasteiger partial charge in [0.2, 0.25) is 0 Å². The minimum absolute atomic E-state index is 0.0480. The highest BCUT2D eigenvalue weighted by Crippen LogP contribution is 2.66. The highest BCUT2D eigenvalue weighted by molar-refractivity contribution is 5.28. The Kier molecular flexibility index (Phi) is 6.35. The SMILES string of the molecule is CCC(/C=C\[C@@H](C)C1CC[C@H]2C3=CC[C@H]4C[C@@H](O)CC[C@]4(C)[C@H]3CC[C@]12C)C(C)C. The lowest BCUT2D eigenvalue weighted by molar-refractivity contribution is -0.0414. The van der Waals surface area contributed by atoms with E-state index < -0.39 is 0 Å². The molecule has 2 unspecified atom stereocenters. The molecule has 3 saturated carbocycles. The lowest BCUT2D eigenvalue weighted by Gasteiger charge is -2.57. The molecule has 170 valence electrons. The molecule has 0 saturated heterocycles. The summed E-state index contributed by atoms with van der Waals surface area (Å²) in [6, 6.07) is 0. The van der Waals surface area contributed by atoms with Crippen molar-refractivity contribution in [1.29, 1.82) is 0 Å². The quantitative estimate of drug-likeness (QED) is 0.457. The molecule has 0 aromatic heterocycles. The van der Waals surface area contributed by atoms with Gasteiger partial charge in [0.1, 0.15) is 0 Å². The molecule has 0 heterocycles. The maximum absolute atomic E-state index is 10.3. The van der Waals surface area contributed by atoms with Gasteiger partial charge in [-0.3, -0.25) is 0 Å². The van der Waals surface area contributed by atoms with Gasteiger partial charge in [-0.25, -0.2) is 0 Å². The zero-order chi connectivity index (χ0) is 21.7. The summed E-state index contributed by atoms with van der Waals surface area (Å²) < 4.78 is 0. The summed E-state index contributed by atoms with van der Waals surface area (Å²) in [6.45, 7) is 14.8. The minimum Gasteiger partial charge on any atom is -0.393 e. The molecule has 1 N–H and O–H groups in total. The number of hydrogen-bond acceptors (Lipinski definition) is 1. The van der Waals surface area contributed by atoms with Crippen LogP contribution in [0.2, 0.25) is 0 Å². The van der Waals surface area contributed by atoms with Crippen molar-refractivity contribution in [2.45, 2.75) is 105 Å². The first kappa shape index (κ1) is 22.6. The first-order valence-electron chi connectivity index (χ1n) is 13.3. The second kappa shape index (κ2) is 8.42. The van der Waals surface area contributed by atoms with Gasteiger partial charge in [-0.2, -0.15) is 0 Å². The van der Waals surface area contributed by atoms with Gasteiger partial charge in [0.25, 0.3) is 0 Å². The number of rotatable bonds is 5. The molecule has 0 amide bonds. The fourth-order valence-corrected chi connectivity index (χ4v) is 8.68. The topological polar surface area (TPSA) is 20.2 Å². The molecule has 0 aromatic rings. The second-order valence-electron chi connectivity index (χ2n) is 12.5. The smallest absolute Gasteiger partial charge is 0.0543 e. The highest BCUT2D eigenvalue weighted by atomic mass is 16.3. The van der Waals surface area contributed by atoms with E-state index in [1.165, 1.54) is 44.9 Å². The van der Waals surface area contributed by atoms with Crippen LogP contribution in [0.5, 0.6) is 0 Å². The Morgan fingerprint density at radius 2 is 1.70 bits per heavy atom. The van der Waals surface area contributed by atoms with Crippen LogP contribution in [-0.4, -0.2) is 11.2 Å². The third kappa shape index (κ3) is 3.66. The largest absolute Gasteiger partial charge is 0.393 e. The van der Waals surface area contributed by atoms with Crippen LogP contribution in [-0.2, 0) is 0 Å². The van der Waals surface area contributed by atoms with Gasteiger partial charge in [0, 0.05) is 0 Å². The maximum atomic E-state index is 10.3. The summed E-state index contributed by atoms with van der Waals surface area (Å²) >= 11 is 0. The summed E-state index contributed by atoms with van der Waals surface area (Å²) in [7, 11) is 0. The van der Waals surface area contributed by atoms with Crippen LogP contribution in [0.1, 0.15) is 99.3 Å². The van der Waals surface area contributed by atoms with Gasteiger partial charge in [0.05, 0.1) is 6.10 Å². The average molecular weight is 413 g/mol. The van der Waals surface area contributed by atoms with Crippen molar-refractivity contribution >= 4 is 0 Å².